The summed E-state index contributed by atoms with van der Waals surface area (Å²) in [6.07, 6.45) is 0. The average Bonchev–Trinajstić information content (AvgIpc) is 2.90. The molecule has 1 aliphatic heterocycles. The van der Waals surface area contributed by atoms with Crippen LogP contribution in [0.4, 0.5) is 5.69 Å². The zero-order chi connectivity index (χ0) is 24.8. The van der Waals surface area contributed by atoms with Crippen LogP contribution in [0.15, 0.2) is 71.6 Å². The van der Waals surface area contributed by atoms with Gasteiger partial charge in [-0.05, 0) is 48.5 Å². The maximum absolute atomic E-state index is 13.2. The van der Waals surface area contributed by atoms with Crippen molar-refractivity contribution in [1.29, 1.82) is 0 Å². The molecule has 0 aliphatic carbocycles. The van der Waals surface area contributed by atoms with Gasteiger partial charge in [-0.25, -0.2) is 8.42 Å². The van der Waals surface area contributed by atoms with Gasteiger partial charge in [0.1, 0.15) is 5.75 Å². The minimum Gasteiger partial charge on any atom is -0.493 e. The van der Waals surface area contributed by atoms with Crippen molar-refractivity contribution in [2.45, 2.75) is 4.90 Å². The van der Waals surface area contributed by atoms with Gasteiger partial charge < -0.3 is 24.3 Å². The number of morpholine rings is 1. The van der Waals surface area contributed by atoms with E-state index in [2.05, 4.69) is 5.32 Å². The highest BCUT2D eigenvalue weighted by Crippen LogP contribution is 2.34. The number of nitrogens with one attached hydrogen (secondary N) is 1. The summed E-state index contributed by atoms with van der Waals surface area (Å²) in [6.45, 7) is 1.19. The number of hydrogen-bond donors (Lipinski definition) is 1. The SMILES string of the molecule is COc1ccc(C(=O)Nc2cc(S(=O)(=O)N3CCOCC3)ccc2Oc2ccccc2)cc1OC. The predicted octanol–water partition coefficient (Wildman–Crippen LogP) is 3.77. The normalized spacial score (nSPS) is 14.2. The molecule has 1 saturated heterocycles. The van der Waals surface area contributed by atoms with E-state index < -0.39 is 15.9 Å². The molecule has 1 heterocycles. The second-order valence-corrected chi connectivity index (χ2v) is 9.55. The van der Waals surface area contributed by atoms with Gasteiger partial charge in [-0.2, -0.15) is 4.31 Å². The fraction of sp³-hybridized carbons (Fsp3) is 0.240. The maximum Gasteiger partial charge on any atom is 0.255 e. The van der Waals surface area contributed by atoms with Crippen LogP contribution in [0.5, 0.6) is 23.0 Å². The number of methoxy groups -OCH3 is 2. The van der Waals surface area contributed by atoms with E-state index in [1.807, 2.05) is 18.2 Å². The summed E-state index contributed by atoms with van der Waals surface area (Å²) in [7, 11) is -0.802. The van der Waals surface area contributed by atoms with E-state index in [0.717, 1.165) is 0 Å². The summed E-state index contributed by atoms with van der Waals surface area (Å²) in [5, 5.41) is 2.78. The number of benzene rings is 3. The molecule has 1 N–H and O–H groups in total. The van der Waals surface area contributed by atoms with Crippen molar-refractivity contribution in [1.82, 2.24) is 4.31 Å². The van der Waals surface area contributed by atoms with Crippen molar-refractivity contribution < 1.29 is 32.2 Å². The van der Waals surface area contributed by atoms with Crippen LogP contribution in [0.2, 0.25) is 0 Å². The zero-order valence-electron chi connectivity index (χ0n) is 19.4. The molecule has 9 nitrogen and oxygen atoms in total. The lowest BCUT2D eigenvalue weighted by Gasteiger charge is -2.26. The van der Waals surface area contributed by atoms with Gasteiger partial charge in [-0.15, -0.1) is 0 Å². The monoisotopic (exact) mass is 498 g/mol. The van der Waals surface area contributed by atoms with Crippen molar-refractivity contribution in [2.75, 3.05) is 45.8 Å². The number of carbonyl (C=O) groups excluding carboxylic acids is 1. The molecule has 4 rings (SSSR count). The minimum atomic E-state index is -3.78. The van der Waals surface area contributed by atoms with Gasteiger partial charge in [0, 0.05) is 18.7 Å². The zero-order valence-corrected chi connectivity index (χ0v) is 20.2. The van der Waals surface area contributed by atoms with E-state index in [0.29, 0.717) is 41.8 Å². The van der Waals surface area contributed by atoms with Crippen molar-refractivity contribution in [3.8, 4) is 23.0 Å². The molecule has 35 heavy (non-hydrogen) atoms. The summed E-state index contributed by atoms with van der Waals surface area (Å²) in [5.74, 6) is 1.24. The maximum atomic E-state index is 13.2. The summed E-state index contributed by atoms with van der Waals surface area (Å²) >= 11 is 0. The van der Waals surface area contributed by atoms with Crippen LogP contribution in [0.25, 0.3) is 0 Å². The third-order valence-electron chi connectivity index (χ3n) is 5.42. The lowest BCUT2D eigenvalue weighted by atomic mass is 10.1. The summed E-state index contributed by atoms with van der Waals surface area (Å²) < 4.78 is 49.5. The van der Waals surface area contributed by atoms with E-state index in [-0.39, 0.29) is 23.7 Å². The summed E-state index contributed by atoms with van der Waals surface area (Å²) in [5.41, 5.74) is 0.512. The van der Waals surface area contributed by atoms with Crippen LogP contribution in [-0.4, -0.2) is 59.2 Å². The van der Waals surface area contributed by atoms with E-state index in [1.165, 1.54) is 36.7 Å². The Morgan fingerprint density at radius 3 is 2.26 bits per heavy atom. The fourth-order valence-corrected chi connectivity index (χ4v) is 5.01. The first-order valence-corrected chi connectivity index (χ1v) is 12.3. The molecule has 0 spiro atoms. The number of nitrogens with zero attached hydrogens (tertiary/aromatic N) is 1. The molecule has 0 saturated carbocycles. The third-order valence-corrected chi connectivity index (χ3v) is 7.32. The molecule has 1 aliphatic rings. The van der Waals surface area contributed by atoms with Crippen molar-refractivity contribution >= 4 is 21.6 Å². The molecule has 0 bridgehead atoms. The van der Waals surface area contributed by atoms with E-state index >= 15 is 0 Å². The topological polar surface area (TPSA) is 103 Å². The highest BCUT2D eigenvalue weighted by Gasteiger charge is 2.27. The van der Waals surface area contributed by atoms with E-state index in [9.17, 15) is 13.2 Å². The number of hydrogen-bond acceptors (Lipinski definition) is 7. The van der Waals surface area contributed by atoms with Gasteiger partial charge in [0.15, 0.2) is 17.2 Å². The number of carbonyl (C=O) groups is 1. The number of para-hydroxylation sites is 1. The van der Waals surface area contributed by atoms with Crippen LogP contribution in [0, 0.1) is 0 Å². The lowest BCUT2D eigenvalue weighted by molar-refractivity contribution is 0.0730. The van der Waals surface area contributed by atoms with Gasteiger partial charge in [0.25, 0.3) is 5.91 Å². The number of rotatable bonds is 8. The quantitative estimate of drug-likeness (QED) is 0.504. The van der Waals surface area contributed by atoms with Crippen LogP contribution in [0.1, 0.15) is 10.4 Å². The highest BCUT2D eigenvalue weighted by molar-refractivity contribution is 7.89. The first-order valence-electron chi connectivity index (χ1n) is 10.9. The smallest absolute Gasteiger partial charge is 0.255 e. The molecule has 10 heteroatoms. The van der Waals surface area contributed by atoms with Crippen LogP contribution >= 0.6 is 0 Å². The molecule has 184 valence electrons. The molecule has 0 radical (unpaired) electrons. The average molecular weight is 499 g/mol. The van der Waals surface area contributed by atoms with E-state index in [1.54, 1.807) is 30.3 Å². The Bertz CT molecular complexity index is 1290. The van der Waals surface area contributed by atoms with Gasteiger partial charge in [0.05, 0.1) is 38.0 Å². The van der Waals surface area contributed by atoms with Crippen LogP contribution in [0.3, 0.4) is 0 Å². The Morgan fingerprint density at radius 1 is 0.886 bits per heavy atom. The Balaban J connectivity index is 1.69. The second kappa shape index (κ2) is 10.8. The molecule has 0 aromatic heterocycles. The van der Waals surface area contributed by atoms with Gasteiger partial charge in [-0.3, -0.25) is 4.79 Å². The summed E-state index contributed by atoms with van der Waals surface area (Å²) in [4.78, 5) is 13.2. The number of amides is 1. The predicted molar refractivity (Wildman–Crippen MR) is 130 cm³/mol. The Morgan fingerprint density at radius 2 is 1.57 bits per heavy atom. The number of ether oxygens (including phenoxy) is 4. The Hall–Kier alpha value is -3.60. The van der Waals surface area contributed by atoms with E-state index in [4.69, 9.17) is 18.9 Å². The van der Waals surface area contributed by atoms with Crippen LogP contribution in [-0.2, 0) is 14.8 Å². The molecule has 3 aromatic carbocycles. The molecular formula is C25H26N2O7S. The fourth-order valence-electron chi connectivity index (χ4n) is 3.58. The van der Waals surface area contributed by atoms with Crippen molar-refractivity contribution in [3.05, 3.63) is 72.3 Å². The van der Waals surface area contributed by atoms with Gasteiger partial charge in [0.2, 0.25) is 10.0 Å². The molecule has 0 atom stereocenters. The molecular weight excluding hydrogens is 472 g/mol. The van der Waals surface area contributed by atoms with Gasteiger partial charge in [-0.1, -0.05) is 18.2 Å². The molecule has 3 aromatic rings. The molecule has 1 fully saturated rings. The third kappa shape index (κ3) is 5.56. The Kier molecular flexibility index (Phi) is 7.54. The molecule has 0 unspecified atom stereocenters. The second-order valence-electron chi connectivity index (χ2n) is 7.61. The summed E-state index contributed by atoms with van der Waals surface area (Å²) in [6, 6.07) is 18.2. The number of sulfonamides is 1. The Labute approximate surface area is 204 Å². The van der Waals surface area contributed by atoms with Crippen molar-refractivity contribution in [2.24, 2.45) is 0 Å². The minimum absolute atomic E-state index is 0.0439. The largest absolute Gasteiger partial charge is 0.493 e. The highest BCUT2D eigenvalue weighted by atomic mass is 32.2. The van der Waals surface area contributed by atoms with Crippen LogP contribution < -0.4 is 19.5 Å². The van der Waals surface area contributed by atoms with Gasteiger partial charge >= 0.3 is 0 Å². The first kappa shape index (κ1) is 24.5. The van der Waals surface area contributed by atoms with Crippen molar-refractivity contribution in [3.63, 3.8) is 0 Å². The lowest BCUT2D eigenvalue weighted by Crippen LogP contribution is -2.40. The first-order chi connectivity index (χ1) is 16.9. The standard InChI is InChI=1S/C25H26N2O7S/c1-31-23-10-8-18(16-24(23)32-2)25(28)26-21-17-20(35(29,30)27-12-14-33-15-13-27)9-11-22(21)34-19-6-4-3-5-7-19/h3-11,16-17H,12-15H2,1-2H3,(H,26,28). The number of anilines is 1. The molecule has 1 amide bonds.